The first-order chi connectivity index (χ1) is 14.6. The zero-order valence-electron chi connectivity index (χ0n) is 17.2. The maximum Gasteiger partial charge on any atom is 0.231 e. The molecule has 5 rings (SSSR count). The summed E-state index contributed by atoms with van der Waals surface area (Å²) in [6.45, 7) is 0.479. The molecule has 0 aliphatic heterocycles. The third-order valence-corrected chi connectivity index (χ3v) is 6.89. The van der Waals surface area contributed by atoms with Crippen LogP contribution in [-0.4, -0.2) is 15.5 Å². The summed E-state index contributed by atoms with van der Waals surface area (Å²) in [7, 11) is 1.97. The standard InChI is InChI=1S/C25H26ClN3O/c1-28-13-12-27-24(28)16-29(19-11-10-17-6-2-3-7-18(17)14-19)25(30)22-15-21(22)20-8-4-5-9-23(20)26/h4-5,8-14,21-22H,2-3,6-7,15-16H2,1H3/t21-,22+/m1/s1. The van der Waals surface area contributed by atoms with E-state index in [2.05, 4.69) is 23.2 Å². The molecular weight excluding hydrogens is 394 g/mol. The largest absolute Gasteiger partial charge is 0.337 e. The molecule has 1 saturated carbocycles. The van der Waals surface area contributed by atoms with E-state index in [1.54, 1.807) is 6.20 Å². The van der Waals surface area contributed by atoms with Crippen LogP contribution in [0, 0.1) is 5.92 Å². The number of carbonyl (C=O) groups excluding carboxylic acids is 1. The van der Waals surface area contributed by atoms with Crippen molar-refractivity contribution in [3.63, 3.8) is 0 Å². The fourth-order valence-corrected chi connectivity index (χ4v) is 4.94. The highest BCUT2D eigenvalue weighted by atomic mass is 35.5. The second-order valence-electron chi connectivity index (χ2n) is 8.51. The lowest BCUT2D eigenvalue weighted by Crippen LogP contribution is -2.33. The summed E-state index contributed by atoms with van der Waals surface area (Å²) in [5.41, 5.74) is 4.87. The highest BCUT2D eigenvalue weighted by Gasteiger charge is 2.47. The monoisotopic (exact) mass is 419 g/mol. The molecule has 5 heteroatoms. The second-order valence-corrected chi connectivity index (χ2v) is 8.92. The number of halogens is 1. The van der Waals surface area contributed by atoms with Crippen LogP contribution in [0.3, 0.4) is 0 Å². The van der Waals surface area contributed by atoms with Crippen molar-refractivity contribution in [3.05, 3.63) is 82.4 Å². The van der Waals surface area contributed by atoms with Gasteiger partial charge < -0.3 is 9.47 Å². The minimum Gasteiger partial charge on any atom is -0.337 e. The maximum atomic E-state index is 13.7. The Bertz CT molecular complexity index is 1090. The van der Waals surface area contributed by atoms with Crippen LogP contribution in [-0.2, 0) is 31.2 Å². The number of hydrogen-bond donors (Lipinski definition) is 0. The van der Waals surface area contributed by atoms with Crippen LogP contribution in [0.4, 0.5) is 5.69 Å². The minimum atomic E-state index is -0.0267. The molecule has 1 amide bonds. The van der Waals surface area contributed by atoms with E-state index >= 15 is 0 Å². The van der Waals surface area contributed by atoms with Gasteiger partial charge >= 0.3 is 0 Å². The van der Waals surface area contributed by atoms with Gasteiger partial charge in [0, 0.05) is 36.1 Å². The molecule has 0 spiro atoms. The topological polar surface area (TPSA) is 38.1 Å². The summed E-state index contributed by atoms with van der Waals surface area (Å²) in [6.07, 6.45) is 9.28. The fourth-order valence-electron chi connectivity index (χ4n) is 4.66. The number of imidazole rings is 1. The van der Waals surface area contributed by atoms with E-state index in [9.17, 15) is 4.79 Å². The first kappa shape index (κ1) is 19.4. The Labute approximate surface area is 182 Å². The van der Waals surface area contributed by atoms with E-state index in [0.29, 0.717) is 6.54 Å². The van der Waals surface area contributed by atoms with E-state index in [1.807, 2.05) is 47.0 Å². The Morgan fingerprint density at radius 1 is 1.17 bits per heavy atom. The van der Waals surface area contributed by atoms with Gasteiger partial charge in [0.25, 0.3) is 0 Å². The number of nitrogens with zero attached hydrogens (tertiary/aromatic N) is 3. The molecular formula is C25H26ClN3O. The maximum absolute atomic E-state index is 13.7. The van der Waals surface area contributed by atoms with E-state index in [0.717, 1.165) is 41.4 Å². The number of aromatic nitrogens is 2. The number of anilines is 1. The molecule has 0 N–H and O–H groups in total. The number of aryl methyl sites for hydroxylation is 3. The van der Waals surface area contributed by atoms with Crippen LogP contribution < -0.4 is 4.90 Å². The lowest BCUT2D eigenvalue weighted by molar-refractivity contribution is -0.120. The summed E-state index contributed by atoms with van der Waals surface area (Å²) < 4.78 is 1.98. The average molecular weight is 420 g/mol. The van der Waals surface area contributed by atoms with Crippen molar-refractivity contribution in [1.82, 2.24) is 9.55 Å². The third-order valence-electron chi connectivity index (χ3n) is 6.54. The van der Waals surface area contributed by atoms with Gasteiger partial charge in [0.05, 0.1) is 6.54 Å². The third kappa shape index (κ3) is 3.65. The highest BCUT2D eigenvalue weighted by Crippen LogP contribution is 2.51. The molecule has 0 saturated heterocycles. The number of benzene rings is 2. The SMILES string of the molecule is Cn1ccnc1CN(C(=O)[C@H]1C[C@@H]1c1ccccc1Cl)c1ccc2c(c1)CCCC2. The van der Waals surface area contributed by atoms with Crippen LogP contribution in [0.2, 0.25) is 5.02 Å². The first-order valence-corrected chi connectivity index (χ1v) is 11.1. The Morgan fingerprint density at radius 3 is 2.73 bits per heavy atom. The van der Waals surface area contributed by atoms with E-state index in [-0.39, 0.29) is 17.7 Å². The van der Waals surface area contributed by atoms with E-state index < -0.39 is 0 Å². The molecule has 154 valence electrons. The Morgan fingerprint density at radius 2 is 1.97 bits per heavy atom. The van der Waals surface area contributed by atoms with Crippen molar-refractivity contribution in [1.29, 1.82) is 0 Å². The van der Waals surface area contributed by atoms with Crippen molar-refractivity contribution < 1.29 is 4.79 Å². The van der Waals surface area contributed by atoms with Gasteiger partial charge in [0.2, 0.25) is 5.91 Å². The lowest BCUT2D eigenvalue weighted by atomic mass is 9.91. The zero-order valence-corrected chi connectivity index (χ0v) is 18.0. The smallest absolute Gasteiger partial charge is 0.231 e. The molecule has 1 fully saturated rings. The molecule has 2 aliphatic carbocycles. The molecule has 0 radical (unpaired) electrons. The van der Waals surface area contributed by atoms with Gasteiger partial charge in [-0.05, 0) is 72.9 Å². The van der Waals surface area contributed by atoms with Crippen molar-refractivity contribution in [2.24, 2.45) is 13.0 Å². The van der Waals surface area contributed by atoms with Gasteiger partial charge in [-0.15, -0.1) is 0 Å². The number of fused-ring (bicyclic) bond motifs is 1. The molecule has 3 aromatic rings. The summed E-state index contributed by atoms with van der Waals surface area (Å²) in [5, 5.41) is 0.752. The normalized spacial score (nSPS) is 19.9. The molecule has 0 bridgehead atoms. The first-order valence-electron chi connectivity index (χ1n) is 10.8. The molecule has 2 aromatic carbocycles. The van der Waals surface area contributed by atoms with Gasteiger partial charge in [-0.3, -0.25) is 4.79 Å². The number of carbonyl (C=O) groups is 1. The zero-order chi connectivity index (χ0) is 20.7. The molecule has 4 nitrogen and oxygen atoms in total. The molecule has 0 unspecified atom stereocenters. The van der Waals surface area contributed by atoms with Gasteiger partial charge in [0.15, 0.2) is 0 Å². The van der Waals surface area contributed by atoms with Crippen molar-refractivity contribution in [2.45, 2.75) is 44.6 Å². The summed E-state index contributed by atoms with van der Waals surface area (Å²) in [6, 6.07) is 14.4. The second kappa shape index (κ2) is 7.92. The summed E-state index contributed by atoms with van der Waals surface area (Å²) in [5.74, 6) is 1.23. The number of hydrogen-bond acceptors (Lipinski definition) is 2. The molecule has 1 heterocycles. The fraction of sp³-hybridized carbons (Fsp3) is 0.360. The average Bonchev–Trinajstić information content (AvgIpc) is 3.46. The summed E-state index contributed by atoms with van der Waals surface area (Å²) in [4.78, 5) is 20.1. The van der Waals surface area contributed by atoms with Gasteiger partial charge in [-0.1, -0.05) is 35.9 Å². The highest BCUT2D eigenvalue weighted by molar-refractivity contribution is 6.31. The van der Waals surface area contributed by atoms with Crippen LogP contribution >= 0.6 is 11.6 Å². The number of amides is 1. The predicted octanol–water partition coefficient (Wildman–Crippen LogP) is 5.29. The summed E-state index contributed by atoms with van der Waals surface area (Å²) >= 11 is 6.40. The van der Waals surface area contributed by atoms with Crippen LogP contribution in [0.15, 0.2) is 54.9 Å². The molecule has 2 aliphatic rings. The predicted molar refractivity (Wildman–Crippen MR) is 120 cm³/mol. The van der Waals surface area contributed by atoms with Crippen LogP contribution in [0.1, 0.15) is 47.7 Å². The number of rotatable bonds is 5. The van der Waals surface area contributed by atoms with Gasteiger partial charge in [0.1, 0.15) is 5.82 Å². The van der Waals surface area contributed by atoms with Crippen molar-refractivity contribution in [3.8, 4) is 0 Å². The Hall–Kier alpha value is -2.59. The van der Waals surface area contributed by atoms with E-state index in [1.165, 1.54) is 24.0 Å². The van der Waals surface area contributed by atoms with Gasteiger partial charge in [-0.25, -0.2) is 4.98 Å². The van der Waals surface area contributed by atoms with Crippen molar-refractivity contribution >= 4 is 23.2 Å². The molecule has 1 aromatic heterocycles. The minimum absolute atomic E-state index is 0.0267. The lowest BCUT2D eigenvalue weighted by Gasteiger charge is -2.25. The quantitative estimate of drug-likeness (QED) is 0.563. The Kier molecular flexibility index (Phi) is 5.11. The van der Waals surface area contributed by atoms with Gasteiger partial charge in [-0.2, -0.15) is 0 Å². The molecule has 2 atom stereocenters. The Balaban J connectivity index is 1.45. The van der Waals surface area contributed by atoms with Crippen LogP contribution in [0.25, 0.3) is 0 Å². The molecule has 30 heavy (non-hydrogen) atoms. The van der Waals surface area contributed by atoms with E-state index in [4.69, 9.17) is 11.6 Å². The van der Waals surface area contributed by atoms with Crippen LogP contribution in [0.5, 0.6) is 0 Å². The van der Waals surface area contributed by atoms with Crippen molar-refractivity contribution in [2.75, 3.05) is 4.90 Å².